The minimum Gasteiger partial charge on any atom is -1.00 e. The van der Waals surface area contributed by atoms with Crippen molar-refractivity contribution in [3.05, 3.63) is 364 Å². The van der Waals surface area contributed by atoms with E-state index in [1.807, 2.05) is 0 Å². The van der Waals surface area contributed by atoms with Crippen LogP contribution in [0, 0.1) is 0 Å². The molecule has 0 aromatic heterocycles. The summed E-state index contributed by atoms with van der Waals surface area (Å²) in [5.74, 6) is 0. The minimum absolute atomic E-state index is 0. The molecule has 0 N–H and O–H groups in total. The molecule has 0 atom stereocenters. The van der Waals surface area contributed by atoms with Crippen LogP contribution in [0.2, 0.25) is 0 Å². The summed E-state index contributed by atoms with van der Waals surface area (Å²) in [5.41, 5.74) is 0. The van der Waals surface area contributed by atoms with Crippen LogP contribution in [0.1, 0.15) is 0 Å². The van der Waals surface area contributed by atoms with Gasteiger partial charge in [0.15, 0.2) is 0 Å². The van der Waals surface area contributed by atoms with E-state index in [0.29, 0.717) is 0 Å². The molecule has 7 heteroatoms. The van der Waals surface area contributed by atoms with E-state index in [1.165, 1.54) is 63.7 Å². The monoisotopic (exact) mass is 1360 g/mol. The van der Waals surface area contributed by atoms with Gasteiger partial charge in [0.05, 0.1) is 0 Å². The molecule has 0 unspecified atom stereocenters. The van der Waals surface area contributed by atoms with Gasteiger partial charge in [-0.1, -0.05) is 364 Å². The van der Waals surface area contributed by atoms with Crippen molar-refractivity contribution in [2.45, 2.75) is 0 Å². The summed E-state index contributed by atoms with van der Waals surface area (Å²) in [7, 11) is -1.78. The van der Waals surface area contributed by atoms with Crippen LogP contribution in [-0.2, 0) is 16.5 Å². The maximum Gasteiger partial charge on any atom is 2.00 e. The molecule has 0 spiro atoms. The predicted molar refractivity (Wildman–Crippen MR) is 341 cm³/mol. The first kappa shape index (κ1) is 62.5. The van der Waals surface area contributed by atoms with E-state index < -0.39 is 31.7 Å². The van der Waals surface area contributed by atoms with Crippen LogP contribution in [-0.4, -0.2) is 0 Å². The second-order valence-corrected chi connectivity index (χ2v) is 26.2. The molecule has 79 heavy (non-hydrogen) atoms. The standard InChI is InChI=1S/4C18H15P.2HI.Ni/c4*1-4-10-16(11-5-1)19(17-12-6-2-7-13-17)18-14-8-3-9-15-18;;;/h4*1-15H;2*1H;/q;;;;;;+2/p-2. The van der Waals surface area contributed by atoms with Gasteiger partial charge in [-0.2, -0.15) is 0 Å². The summed E-state index contributed by atoms with van der Waals surface area (Å²) in [4.78, 5) is 0. The predicted octanol–water partition coefficient (Wildman–Crippen LogP) is 7.78. The van der Waals surface area contributed by atoms with E-state index in [9.17, 15) is 0 Å². The van der Waals surface area contributed by atoms with Gasteiger partial charge in [0.1, 0.15) is 0 Å². The average molecular weight is 1360 g/mol. The fourth-order valence-electron chi connectivity index (χ4n) is 8.71. The van der Waals surface area contributed by atoms with Crippen LogP contribution in [0.5, 0.6) is 0 Å². The third-order valence-electron chi connectivity index (χ3n) is 12.2. The van der Waals surface area contributed by atoms with E-state index in [-0.39, 0.29) is 64.4 Å². The molecule has 12 aromatic carbocycles. The normalized spacial score (nSPS) is 10.2. The first-order valence-electron chi connectivity index (χ1n) is 25.6. The van der Waals surface area contributed by atoms with E-state index in [0.717, 1.165) is 0 Å². The number of hydrogen-bond acceptors (Lipinski definition) is 0. The molecule has 0 fully saturated rings. The molecule has 0 nitrogen and oxygen atoms in total. The van der Waals surface area contributed by atoms with Gasteiger partial charge >= 0.3 is 16.5 Å². The average Bonchev–Trinajstić information content (AvgIpc) is 3.51. The molecule has 0 saturated heterocycles. The Kier molecular flexibility index (Phi) is 27.8. The summed E-state index contributed by atoms with van der Waals surface area (Å²) in [6.07, 6.45) is 0. The Morgan fingerprint density at radius 2 is 0.177 bits per heavy atom. The third kappa shape index (κ3) is 18.7. The van der Waals surface area contributed by atoms with Gasteiger partial charge in [0.2, 0.25) is 0 Å². The Balaban J connectivity index is 0.000000168. The van der Waals surface area contributed by atoms with Crippen molar-refractivity contribution in [1.29, 1.82) is 0 Å². The topological polar surface area (TPSA) is 0 Å². The molecule has 0 saturated carbocycles. The molecule has 0 heterocycles. The van der Waals surface area contributed by atoms with Gasteiger partial charge < -0.3 is 48.0 Å². The van der Waals surface area contributed by atoms with E-state index >= 15 is 0 Å². The Bertz CT molecular complexity index is 2590. The van der Waals surface area contributed by atoms with Crippen molar-refractivity contribution in [3.8, 4) is 0 Å². The zero-order chi connectivity index (χ0) is 51.7. The SMILES string of the molecule is [I-].[I-].[Ni+2].c1ccc(P(c2ccccc2)c2ccccc2)cc1.c1ccc(P(c2ccccc2)c2ccccc2)cc1.c1ccc(P(c2ccccc2)c2ccccc2)cc1.c1ccc(P(c2ccccc2)c2ccccc2)cc1. The van der Waals surface area contributed by atoms with Crippen molar-refractivity contribution < 1.29 is 64.4 Å². The molecule has 0 amide bonds. The Labute approximate surface area is 518 Å². The van der Waals surface area contributed by atoms with Gasteiger partial charge in [-0.15, -0.1) is 0 Å². The van der Waals surface area contributed by atoms with Gasteiger partial charge in [0, 0.05) is 0 Å². The number of benzene rings is 12. The van der Waals surface area contributed by atoms with Crippen molar-refractivity contribution in [1.82, 2.24) is 0 Å². The second-order valence-electron chi connectivity index (χ2n) is 17.4. The summed E-state index contributed by atoms with van der Waals surface area (Å²) >= 11 is 0. The smallest absolute Gasteiger partial charge is 1.00 e. The zero-order valence-electron chi connectivity index (χ0n) is 43.5. The maximum atomic E-state index is 2.23. The first-order chi connectivity index (χ1) is 37.8. The Hall–Kier alpha value is -5.69. The van der Waals surface area contributed by atoms with E-state index in [2.05, 4.69) is 364 Å². The molecular formula is C72H60I2NiP4. The van der Waals surface area contributed by atoms with Crippen LogP contribution in [0.4, 0.5) is 0 Å². The van der Waals surface area contributed by atoms with Crippen LogP contribution in [0.15, 0.2) is 364 Å². The van der Waals surface area contributed by atoms with Crippen LogP contribution >= 0.6 is 31.7 Å². The van der Waals surface area contributed by atoms with Crippen LogP contribution < -0.4 is 112 Å². The van der Waals surface area contributed by atoms with Crippen molar-refractivity contribution in [3.63, 3.8) is 0 Å². The summed E-state index contributed by atoms with van der Waals surface area (Å²) < 4.78 is 0. The molecule has 0 radical (unpaired) electrons. The quantitative estimate of drug-likeness (QED) is 0.0667. The Morgan fingerprint density at radius 3 is 0.241 bits per heavy atom. The molecule has 0 aliphatic carbocycles. The van der Waals surface area contributed by atoms with Gasteiger partial charge in [-0.3, -0.25) is 0 Å². The van der Waals surface area contributed by atoms with E-state index in [4.69, 9.17) is 0 Å². The van der Waals surface area contributed by atoms with Gasteiger partial charge in [-0.05, 0) is 95.3 Å². The minimum atomic E-state index is -0.446. The molecule has 0 bridgehead atoms. The van der Waals surface area contributed by atoms with Gasteiger partial charge in [-0.25, -0.2) is 0 Å². The largest absolute Gasteiger partial charge is 2.00 e. The fourth-order valence-corrected chi connectivity index (χ4v) is 17.9. The number of halogens is 2. The van der Waals surface area contributed by atoms with Crippen molar-refractivity contribution >= 4 is 95.3 Å². The molecular weight excluding hydrogens is 1300 g/mol. The second kappa shape index (κ2) is 35.1. The Morgan fingerprint density at radius 1 is 0.114 bits per heavy atom. The molecule has 12 aromatic rings. The first-order valence-corrected chi connectivity index (χ1v) is 31.0. The summed E-state index contributed by atoms with van der Waals surface area (Å²) in [5, 5.41) is 16.8. The van der Waals surface area contributed by atoms with Gasteiger partial charge in [0.25, 0.3) is 0 Å². The fraction of sp³-hybridized carbons (Fsp3) is 0. The third-order valence-corrected chi connectivity index (χ3v) is 21.9. The zero-order valence-corrected chi connectivity index (χ0v) is 52.4. The molecule has 12 rings (SSSR count). The van der Waals surface area contributed by atoms with Crippen molar-refractivity contribution in [2.75, 3.05) is 0 Å². The number of hydrogen-bond donors (Lipinski definition) is 0. The van der Waals surface area contributed by atoms with E-state index in [1.54, 1.807) is 0 Å². The molecule has 0 aliphatic rings. The van der Waals surface area contributed by atoms with Crippen LogP contribution in [0.25, 0.3) is 0 Å². The molecule has 0 aliphatic heterocycles. The van der Waals surface area contributed by atoms with Crippen molar-refractivity contribution in [2.24, 2.45) is 0 Å². The number of rotatable bonds is 12. The summed E-state index contributed by atoms with van der Waals surface area (Å²) in [6.45, 7) is 0. The van der Waals surface area contributed by atoms with Crippen LogP contribution in [0.3, 0.4) is 0 Å². The summed E-state index contributed by atoms with van der Waals surface area (Å²) in [6, 6.07) is 129. The molecule has 392 valence electrons. The maximum absolute atomic E-state index is 2.23.